The molecule has 0 radical (unpaired) electrons. The van der Waals surface area contributed by atoms with E-state index in [2.05, 4.69) is 21.2 Å². The van der Waals surface area contributed by atoms with Crippen LogP contribution in [0.25, 0.3) is 0 Å². The smallest absolute Gasteiger partial charge is 0.340 e. The van der Waals surface area contributed by atoms with Crippen LogP contribution in [0.5, 0.6) is 0 Å². The van der Waals surface area contributed by atoms with Crippen molar-refractivity contribution in [1.29, 1.82) is 0 Å². The Balaban J connectivity index is 2.01. The predicted molar refractivity (Wildman–Crippen MR) is 89.1 cm³/mol. The van der Waals surface area contributed by atoms with Crippen LogP contribution in [-0.2, 0) is 9.53 Å². The number of esters is 1. The summed E-state index contributed by atoms with van der Waals surface area (Å²) in [6, 6.07) is 9.99. The topological polar surface area (TPSA) is 55.4 Å². The highest BCUT2D eigenvalue weighted by Gasteiger charge is 2.21. The fourth-order valence-corrected chi connectivity index (χ4v) is 2.26. The van der Waals surface area contributed by atoms with Gasteiger partial charge in [-0.1, -0.05) is 27.5 Å². The molecule has 2 aromatic rings. The number of hydrogen-bond acceptors (Lipinski definition) is 3. The number of rotatable bonds is 4. The van der Waals surface area contributed by atoms with Crippen molar-refractivity contribution in [2.75, 3.05) is 5.32 Å². The number of nitrogens with one attached hydrogen (secondary N) is 1. The summed E-state index contributed by atoms with van der Waals surface area (Å²) in [5, 5.41) is 2.75. The van der Waals surface area contributed by atoms with Gasteiger partial charge in [-0.15, -0.1) is 0 Å². The van der Waals surface area contributed by atoms with Gasteiger partial charge >= 0.3 is 5.97 Å². The third-order valence-corrected chi connectivity index (χ3v) is 3.74. The summed E-state index contributed by atoms with van der Waals surface area (Å²) in [6.45, 7) is 1.43. The van der Waals surface area contributed by atoms with Crippen LogP contribution >= 0.6 is 27.5 Å². The molecule has 0 aliphatic heterocycles. The molecule has 1 N–H and O–H groups in total. The summed E-state index contributed by atoms with van der Waals surface area (Å²) in [7, 11) is 0. The van der Waals surface area contributed by atoms with Crippen LogP contribution in [0.1, 0.15) is 17.3 Å². The van der Waals surface area contributed by atoms with Gasteiger partial charge in [-0.3, -0.25) is 4.79 Å². The summed E-state index contributed by atoms with van der Waals surface area (Å²) in [6.07, 6.45) is -1.04. The van der Waals surface area contributed by atoms with E-state index in [0.29, 0.717) is 10.2 Å². The van der Waals surface area contributed by atoms with E-state index in [1.54, 1.807) is 12.1 Å². The maximum absolute atomic E-state index is 12.8. The Kier molecular flexibility index (Phi) is 5.74. The van der Waals surface area contributed by atoms with E-state index >= 15 is 0 Å². The normalized spacial score (nSPS) is 11.7. The minimum absolute atomic E-state index is 0.155. The predicted octanol–water partition coefficient (Wildman–Crippen LogP) is 4.43. The average molecular weight is 401 g/mol. The van der Waals surface area contributed by atoms with Crippen LogP contribution < -0.4 is 5.32 Å². The van der Waals surface area contributed by atoms with Crippen LogP contribution in [0.3, 0.4) is 0 Å². The number of amides is 1. The van der Waals surface area contributed by atoms with Crippen molar-refractivity contribution >= 4 is 45.1 Å². The van der Waals surface area contributed by atoms with E-state index in [9.17, 15) is 14.0 Å². The summed E-state index contributed by atoms with van der Waals surface area (Å²) < 4.78 is 18.6. The summed E-state index contributed by atoms with van der Waals surface area (Å²) >= 11 is 9.17. The van der Waals surface area contributed by atoms with Crippen molar-refractivity contribution in [1.82, 2.24) is 0 Å². The fraction of sp³-hybridized carbons (Fsp3) is 0.125. The molecule has 0 fully saturated rings. The summed E-state index contributed by atoms with van der Waals surface area (Å²) in [4.78, 5) is 24.1. The Morgan fingerprint density at radius 3 is 2.52 bits per heavy atom. The highest BCUT2D eigenvalue weighted by atomic mass is 79.9. The largest absolute Gasteiger partial charge is 0.449 e. The molecule has 7 heteroatoms. The number of carbonyl (C=O) groups is 2. The van der Waals surface area contributed by atoms with Gasteiger partial charge in [0.1, 0.15) is 5.82 Å². The van der Waals surface area contributed by atoms with Gasteiger partial charge in [-0.25, -0.2) is 9.18 Å². The van der Waals surface area contributed by atoms with Gasteiger partial charge in [0.15, 0.2) is 6.10 Å². The molecule has 0 aliphatic rings. The molecule has 4 nitrogen and oxygen atoms in total. The van der Waals surface area contributed by atoms with Crippen LogP contribution in [0.15, 0.2) is 46.9 Å². The van der Waals surface area contributed by atoms with Gasteiger partial charge in [-0.05, 0) is 49.4 Å². The van der Waals surface area contributed by atoms with Crippen molar-refractivity contribution in [2.45, 2.75) is 13.0 Å². The second kappa shape index (κ2) is 7.57. The van der Waals surface area contributed by atoms with Crippen molar-refractivity contribution in [2.24, 2.45) is 0 Å². The Bertz CT molecular complexity index is 737. The van der Waals surface area contributed by atoms with Crippen molar-refractivity contribution in [3.8, 4) is 0 Å². The van der Waals surface area contributed by atoms with Gasteiger partial charge in [-0.2, -0.15) is 0 Å². The van der Waals surface area contributed by atoms with E-state index in [1.165, 1.54) is 37.3 Å². The average Bonchev–Trinajstić information content (AvgIpc) is 2.51. The standard InChI is InChI=1S/C16H12BrClFNO3/c1-9(15(21)20-12-5-3-11(19)4-6-12)23-16(22)13-8-10(17)2-7-14(13)18/h2-9H,1H3,(H,20,21)/t9-/m1/s1. The molecule has 23 heavy (non-hydrogen) atoms. The van der Waals surface area contributed by atoms with Crippen LogP contribution in [0.4, 0.5) is 10.1 Å². The Labute approximate surface area is 145 Å². The molecule has 0 unspecified atom stereocenters. The molecule has 0 saturated heterocycles. The molecule has 1 atom stereocenters. The summed E-state index contributed by atoms with van der Waals surface area (Å²) in [5.74, 6) is -1.65. The lowest BCUT2D eigenvalue weighted by molar-refractivity contribution is -0.123. The van der Waals surface area contributed by atoms with Crippen molar-refractivity contribution in [3.05, 3.63) is 63.3 Å². The summed E-state index contributed by atoms with van der Waals surface area (Å²) in [5.41, 5.74) is 0.558. The number of anilines is 1. The molecule has 0 bridgehead atoms. The van der Waals surface area contributed by atoms with Gasteiger partial charge < -0.3 is 10.1 Å². The Hall–Kier alpha value is -1.92. The lowest BCUT2D eigenvalue weighted by Gasteiger charge is -2.14. The molecule has 2 rings (SSSR count). The first-order valence-corrected chi connectivity index (χ1v) is 7.76. The number of halogens is 3. The molecule has 0 heterocycles. The first-order chi connectivity index (χ1) is 10.9. The van der Waals surface area contributed by atoms with Gasteiger partial charge in [0.25, 0.3) is 5.91 Å². The lowest BCUT2D eigenvalue weighted by Crippen LogP contribution is -2.30. The van der Waals surface area contributed by atoms with Crippen LogP contribution in [-0.4, -0.2) is 18.0 Å². The van der Waals surface area contributed by atoms with E-state index in [1.807, 2.05) is 0 Å². The van der Waals surface area contributed by atoms with E-state index in [-0.39, 0.29) is 10.6 Å². The minimum Gasteiger partial charge on any atom is -0.449 e. The monoisotopic (exact) mass is 399 g/mol. The molecule has 0 aliphatic carbocycles. The molecular formula is C16H12BrClFNO3. The minimum atomic E-state index is -1.04. The highest BCUT2D eigenvalue weighted by Crippen LogP contribution is 2.22. The third-order valence-electron chi connectivity index (χ3n) is 2.91. The molecule has 2 aromatic carbocycles. The molecule has 1 amide bonds. The number of hydrogen-bond donors (Lipinski definition) is 1. The van der Waals surface area contributed by atoms with E-state index in [0.717, 1.165) is 0 Å². The third kappa shape index (κ3) is 4.77. The molecule has 120 valence electrons. The number of ether oxygens (including phenoxy) is 1. The maximum atomic E-state index is 12.8. The van der Waals surface area contributed by atoms with Gasteiger partial charge in [0.05, 0.1) is 10.6 Å². The van der Waals surface area contributed by atoms with Crippen molar-refractivity contribution in [3.63, 3.8) is 0 Å². The maximum Gasteiger partial charge on any atom is 0.340 e. The van der Waals surface area contributed by atoms with Crippen LogP contribution in [0, 0.1) is 5.82 Å². The zero-order chi connectivity index (χ0) is 17.0. The van der Waals surface area contributed by atoms with Crippen LogP contribution in [0.2, 0.25) is 5.02 Å². The fourth-order valence-electron chi connectivity index (χ4n) is 1.71. The van der Waals surface area contributed by atoms with Crippen molar-refractivity contribution < 1.29 is 18.7 Å². The first-order valence-electron chi connectivity index (χ1n) is 6.59. The molecule has 0 saturated carbocycles. The van der Waals surface area contributed by atoms with E-state index < -0.39 is 23.8 Å². The Morgan fingerprint density at radius 2 is 1.87 bits per heavy atom. The second-order valence-corrected chi connectivity index (χ2v) is 5.99. The number of carbonyl (C=O) groups excluding carboxylic acids is 2. The first kappa shape index (κ1) is 17.4. The van der Waals surface area contributed by atoms with E-state index in [4.69, 9.17) is 16.3 Å². The number of benzene rings is 2. The van der Waals surface area contributed by atoms with Gasteiger partial charge in [0, 0.05) is 10.2 Å². The molecule has 0 spiro atoms. The molecular weight excluding hydrogens is 389 g/mol. The second-order valence-electron chi connectivity index (χ2n) is 4.67. The Morgan fingerprint density at radius 1 is 1.22 bits per heavy atom. The quantitative estimate of drug-likeness (QED) is 0.773. The molecule has 0 aromatic heterocycles. The lowest BCUT2D eigenvalue weighted by atomic mass is 10.2. The zero-order valence-corrected chi connectivity index (χ0v) is 14.3. The highest BCUT2D eigenvalue weighted by molar-refractivity contribution is 9.10. The zero-order valence-electron chi connectivity index (χ0n) is 12.0. The van der Waals surface area contributed by atoms with Gasteiger partial charge in [0.2, 0.25) is 0 Å². The SMILES string of the molecule is C[C@@H](OC(=O)c1cc(Br)ccc1Cl)C(=O)Nc1ccc(F)cc1.